The van der Waals surface area contributed by atoms with Gasteiger partial charge in [0.15, 0.2) is 0 Å². The number of rotatable bonds is 7. The largest absolute Gasteiger partial charge is 0.395 e. The molecule has 1 aromatic heterocycles. The number of carbonyl (C=O) groups excluding carboxylic acids is 2. The average Bonchev–Trinajstić information content (AvgIpc) is 3.22. The third kappa shape index (κ3) is 3.72. The van der Waals surface area contributed by atoms with Crippen LogP contribution in [0.15, 0.2) is 53.6 Å². The molecule has 6 nitrogen and oxygen atoms in total. The van der Waals surface area contributed by atoms with Crippen molar-refractivity contribution >= 4 is 34.5 Å². The molecular weight excluding hydrogens is 338 g/mol. The number of anilines is 2. The van der Waals surface area contributed by atoms with Crippen LogP contribution in [0, 0.1) is 0 Å². The zero-order valence-electron chi connectivity index (χ0n) is 13.7. The van der Waals surface area contributed by atoms with Gasteiger partial charge in [-0.25, -0.2) is 0 Å². The molecule has 1 aliphatic rings. The van der Waals surface area contributed by atoms with E-state index < -0.39 is 11.8 Å². The number of nitrogens with zero attached hydrogens (tertiary/aromatic N) is 1. The predicted molar refractivity (Wildman–Crippen MR) is 98.3 cm³/mol. The van der Waals surface area contributed by atoms with Gasteiger partial charge in [0.1, 0.15) is 5.70 Å². The highest BCUT2D eigenvalue weighted by Gasteiger charge is 2.30. The first-order chi connectivity index (χ1) is 12.1. The quantitative estimate of drug-likeness (QED) is 0.664. The SMILES string of the molecule is CC(Nc1ccccc1NC1=CC(=O)N(CCO)C1=O)c1cccs1. The standard InChI is InChI=1S/C18H19N3O3S/c1-12(16-7-4-10-25-16)19-13-5-2-3-6-14(13)20-15-11-17(23)21(8-9-22)18(15)24/h2-7,10-12,19-20,22H,8-9H2,1H3. The molecule has 1 unspecified atom stereocenters. The van der Waals surface area contributed by atoms with E-state index in [9.17, 15) is 9.59 Å². The summed E-state index contributed by atoms with van der Waals surface area (Å²) in [4.78, 5) is 26.4. The second kappa shape index (κ2) is 7.50. The summed E-state index contributed by atoms with van der Waals surface area (Å²) in [6.07, 6.45) is 1.26. The molecule has 0 saturated heterocycles. The molecule has 130 valence electrons. The Hall–Kier alpha value is -2.64. The van der Waals surface area contributed by atoms with Crippen LogP contribution >= 0.6 is 11.3 Å². The molecule has 3 N–H and O–H groups in total. The minimum Gasteiger partial charge on any atom is -0.395 e. The minimum atomic E-state index is -0.430. The second-order valence-corrected chi connectivity index (χ2v) is 6.61. The van der Waals surface area contributed by atoms with Crippen molar-refractivity contribution in [1.29, 1.82) is 0 Å². The van der Waals surface area contributed by atoms with Crippen LogP contribution in [0.5, 0.6) is 0 Å². The fourth-order valence-electron chi connectivity index (χ4n) is 2.62. The molecule has 3 rings (SSSR count). The lowest BCUT2D eigenvalue weighted by molar-refractivity contribution is -0.137. The van der Waals surface area contributed by atoms with Gasteiger partial charge in [-0.3, -0.25) is 14.5 Å². The number of carbonyl (C=O) groups is 2. The Morgan fingerprint density at radius 2 is 1.92 bits per heavy atom. The number of aliphatic hydroxyl groups excluding tert-OH is 1. The van der Waals surface area contributed by atoms with Crippen molar-refractivity contribution in [2.45, 2.75) is 13.0 Å². The molecule has 0 bridgehead atoms. The van der Waals surface area contributed by atoms with E-state index in [1.807, 2.05) is 35.7 Å². The van der Waals surface area contributed by atoms with Gasteiger partial charge in [0.2, 0.25) is 0 Å². The summed E-state index contributed by atoms with van der Waals surface area (Å²) in [6.45, 7) is 1.80. The first-order valence-electron chi connectivity index (χ1n) is 7.94. The minimum absolute atomic E-state index is 0.00530. The normalized spacial score (nSPS) is 15.3. The van der Waals surface area contributed by atoms with Gasteiger partial charge >= 0.3 is 0 Å². The summed E-state index contributed by atoms with van der Waals surface area (Å²) in [5.41, 5.74) is 1.76. The molecule has 1 aromatic carbocycles. The summed E-state index contributed by atoms with van der Waals surface area (Å²) in [5, 5.41) is 17.5. The zero-order valence-corrected chi connectivity index (χ0v) is 14.5. The molecule has 7 heteroatoms. The van der Waals surface area contributed by atoms with Gasteiger partial charge in [0.25, 0.3) is 11.8 Å². The van der Waals surface area contributed by atoms with E-state index in [0.29, 0.717) is 5.69 Å². The maximum absolute atomic E-state index is 12.3. The molecule has 0 saturated carbocycles. The Morgan fingerprint density at radius 3 is 2.60 bits per heavy atom. The molecule has 0 spiro atoms. The van der Waals surface area contributed by atoms with E-state index in [4.69, 9.17) is 5.11 Å². The Balaban J connectivity index is 1.77. The van der Waals surface area contributed by atoms with Crippen molar-refractivity contribution < 1.29 is 14.7 Å². The van der Waals surface area contributed by atoms with Crippen molar-refractivity contribution in [3.8, 4) is 0 Å². The molecule has 0 fully saturated rings. The molecule has 2 aromatic rings. The molecule has 2 heterocycles. The van der Waals surface area contributed by atoms with Crippen LogP contribution in [0.25, 0.3) is 0 Å². The topological polar surface area (TPSA) is 81.7 Å². The zero-order chi connectivity index (χ0) is 17.8. The Labute approximate surface area is 149 Å². The van der Waals surface area contributed by atoms with Crippen molar-refractivity contribution in [3.63, 3.8) is 0 Å². The van der Waals surface area contributed by atoms with E-state index >= 15 is 0 Å². The highest BCUT2D eigenvalue weighted by Crippen LogP contribution is 2.29. The number of β-amino-alcohol motifs (C(OH)–C–C–N with tert-alkyl or cyclic N) is 1. The Morgan fingerprint density at radius 1 is 1.16 bits per heavy atom. The number of amides is 2. The number of hydrogen-bond donors (Lipinski definition) is 3. The lowest BCUT2D eigenvalue weighted by Gasteiger charge is -2.18. The maximum Gasteiger partial charge on any atom is 0.277 e. The van der Waals surface area contributed by atoms with Gasteiger partial charge < -0.3 is 15.7 Å². The fraction of sp³-hybridized carbons (Fsp3) is 0.222. The number of thiophene rings is 1. The van der Waals surface area contributed by atoms with Crippen molar-refractivity contribution in [3.05, 3.63) is 58.4 Å². The third-order valence-corrected chi connectivity index (χ3v) is 4.93. The van der Waals surface area contributed by atoms with Crippen molar-refractivity contribution in [2.24, 2.45) is 0 Å². The summed E-state index contributed by atoms with van der Waals surface area (Å²) >= 11 is 1.67. The summed E-state index contributed by atoms with van der Waals surface area (Å²) in [5.74, 6) is -0.848. The highest BCUT2D eigenvalue weighted by molar-refractivity contribution is 7.10. The number of benzene rings is 1. The van der Waals surface area contributed by atoms with E-state index in [-0.39, 0.29) is 24.9 Å². The first-order valence-corrected chi connectivity index (χ1v) is 8.82. The Bertz CT molecular complexity index is 802. The lowest BCUT2D eigenvalue weighted by atomic mass is 10.2. The van der Waals surface area contributed by atoms with Crippen LogP contribution in [0.1, 0.15) is 17.8 Å². The maximum atomic E-state index is 12.3. The van der Waals surface area contributed by atoms with Gasteiger partial charge in [0.05, 0.1) is 30.6 Å². The number of aliphatic hydroxyl groups is 1. The van der Waals surface area contributed by atoms with Crippen molar-refractivity contribution in [2.75, 3.05) is 23.8 Å². The Kier molecular flexibility index (Phi) is 5.16. The van der Waals surface area contributed by atoms with E-state index in [2.05, 4.69) is 23.6 Å². The van der Waals surface area contributed by atoms with E-state index in [1.54, 1.807) is 11.3 Å². The van der Waals surface area contributed by atoms with Crippen LogP contribution in [-0.4, -0.2) is 35.0 Å². The van der Waals surface area contributed by atoms with Crippen LogP contribution in [0.3, 0.4) is 0 Å². The molecule has 0 aliphatic carbocycles. The molecular formula is C18H19N3O3S. The van der Waals surface area contributed by atoms with Gasteiger partial charge in [-0.2, -0.15) is 0 Å². The average molecular weight is 357 g/mol. The molecule has 2 amide bonds. The number of hydrogen-bond acceptors (Lipinski definition) is 6. The van der Waals surface area contributed by atoms with Crippen LogP contribution in [0.2, 0.25) is 0 Å². The van der Waals surface area contributed by atoms with Crippen molar-refractivity contribution in [1.82, 2.24) is 4.90 Å². The van der Waals surface area contributed by atoms with Crippen LogP contribution in [0.4, 0.5) is 11.4 Å². The predicted octanol–water partition coefficient (Wildman–Crippen LogP) is 2.58. The smallest absolute Gasteiger partial charge is 0.277 e. The lowest BCUT2D eigenvalue weighted by Crippen LogP contribution is -2.34. The van der Waals surface area contributed by atoms with E-state index in [1.165, 1.54) is 11.0 Å². The second-order valence-electron chi connectivity index (χ2n) is 5.63. The summed E-state index contributed by atoms with van der Waals surface area (Å²) in [6, 6.07) is 11.7. The van der Waals surface area contributed by atoms with Gasteiger partial charge in [0, 0.05) is 11.0 Å². The van der Waals surface area contributed by atoms with Gasteiger partial charge in [-0.05, 0) is 30.5 Å². The highest BCUT2D eigenvalue weighted by atomic mass is 32.1. The molecule has 0 radical (unpaired) electrons. The number of nitrogens with one attached hydrogen (secondary N) is 2. The van der Waals surface area contributed by atoms with Gasteiger partial charge in [-0.1, -0.05) is 18.2 Å². The monoisotopic (exact) mass is 357 g/mol. The van der Waals surface area contributed by atoms with Crippen LogP contribution in [-0.2, 0) is 9.59 Å². The molecule has 25 heavy (non-hydrogen) atoms. The van der Waals surface area contributed by atoms with Gasteiger partial charge in [-0.15, -0.1) is 11.3 Å². The van der Waals surface area contributed by atoms with E-state index in [0.717, 1.165) is 10.6 Å². The number of para-hydroxylation sites is 2. The summed E-state index contributed by atoms with van der Waals surface area (Å²) < 4.78 is 0. The third-order valence-electron chi connectivity index (χ3n) is 3.87. The molecule has 1 atom stereocenters. The van der Waals surface area contributed by atoms with Crippen LogP contribution < -0.4 is 10.6 Å². The fourth-order valence-corrected chi connectivity index (χ4v) is 3.35. The number of imide groups is 1. The molecule has 1 aliphatic heterocycles. The first kappa shape index (κ1) is 17.2. The summed E-state index contributed by atoms with van der Waals surface area (Å²) in [7, 11) is 0.